The van der Waals surface area contributed by atoms with Gasteiger partial charge in [-0.25, -0.2) is 13.4 Å². The molecule has 2 aromatic heterocycles. The van der Waals surface area contributed by atoms with Crippen molar-refractivity contribution in [3.63, 3.8) is 0 Å². The smallest absolute Gasteiger partial charge is 0.344 e. The van der Waals surface area contributed by atoms with E-state index in [-0.39, 0.29) is 18.8 Å². The topological polar surface area (TPSA) is 126 Å². The van der Waals surface area contributed by atoms with E-state index in [0.717, 1.165) is 10.4 Å². The molecule has 0 bridgehead atoms. The van der Waals surface area contributed by atoms with Gasteiger partial charge in [0.15, 0.2) is 10.8 Å². The van der Waals surface area contributed by atoms with E-state index in [1.54, 1.807) is 24.4 Å². The molecule has 9 nitrogen and oxygen atoms in total. The molecule has 2 amide bonds. The van der Waals surface area contributed by atoms with E-state index in [0.29, 0.717) is 23.6 Å². The number of alkyl halides is 3. The van der Waals surface area contributed by atoms with E-state index < -0.39 is 69.1 Å². The van der Waals surface area contributed by atoms with Gasteiger partial charge in [0, 0.05) is 12.2 Å². The van der Waals surface area contributed by atoms with Crippen LogP contribution in [0, 0.1) is 5.92 Å². The lowest BCUT2D eigenvalue weighted by Gasteiger charge is -2.25. The van der Waals surface area contributed by atoms with Crippen LogP contribution in [0.2, 0.25) is 0 Å². The Morgan fingerprint density at radius 3 is 2.47 bits per heavy atom. The van der Waals surface area contributed by atoms with Crippen molar-refractivity contribution in [2.45, 2.75) is 69.4 Å². The Morgan fingerprint density at radius 1 is 1.21 bits per heavy atom. The molecule has 3 heterocycles. The highest BCUT2D eigenvalue weighted by molar-refractivity contribution is 7.89. The number of hydrogen-bond donors (Lipinski definition) is 2. The zero-order valence-electron chi connectivity index (χ0n) is 21.0. The number of carbonyl (C=O) groups excluding carboxylic acids is 3. The first-order valence-corrected chi connectivity index (χ1v) is 14.2. The summed E-state index contributed by atoms with van der Waals surface area (Å²) in [4.78, 5) is 42.6. The Bertz CT molecular complexity index is 1250. The van der Waals surface area contributed by atoms with Crippen molar-refractivity contribution in [1.29, 1.82) is 0 Å². The molecule has 3 atom stereocenters. The fourth-order valence-electron chi connectivity index (χ4n) is 4.04. The number of ketones is 1. The molecule has 38 heavy (non-hydrogen) atoms. The van der Waals surface area contributed by atoms with Gasteiger partial charge < -0.3 is 10.6 Å². The van der Waals surface area contributed by atoms with Gasteiger partial charge in [0.05, 0.1) is 23.0 Å². The number of sulfonamides is 1. The summed E-state index contributed by atoms with van der Waals surface area (Å²) in [5, 5.41) is 6.49. The number of halogens is 3. The number of carbonyl (C=O) groups is 3. The third kappa shape index (κ3) is 7.17. The molecule has 0 saturated carbocycles. The number of hydrogen-bond acceptors (Lipinski definition) is 7. The molecular weight excluding hydrogens is 545 g/mol. The monoisotopic (exact) mass is 574 g/mol. The standard InChI is InChI=1S/C24H29F3N4O5S2/c1-14(2)11-18(30-23(34)20-5-4-10-37-20)22(33)29-17-8-6-15(3)31(13-19(17)32)38(35,36)21-9-7-16(12-28-21)24(25,26)27/h4-5,7,9-10,12,14-15,17-18H,6,8,11,13H2,1-3H3,(H,29,33)(H,30,34)/t15-,17+,18+/m1/s1. The van der Waals surface area contributed by atoms with Crippen LogP contribution >= 0.6 is 11.3 Å². The molecule has 2 N–H and O–H groups in total. The van der Waals surface area contributed by atoms with E-state index in [1.165, 1.54) is 11.3 Å². The molecule has 1 aliphatic rings. The summed E-state index contributed by atoms with van der Waals surface area (Å²) in [7, 11) is -4.39. The lowest BCUT2D eigenvalue weighted by molar-refractivity contribution is -0.137. The number of nitrogens with one attached hydrogen (secondary N) is 2. The average molecular weight is 575 g/mol. The van der Waals surface area contributed by atoms with Crippen molar-refractivity contribution in [1.82, 2.24) is 19.9 Å². The number of nitrogens with zero attached hydrogens (tertiary/aromatic N) is 2. The van der Waals surface area contributed by atoms with Crippen LogP contribution in [0.5, 0.6) is 0 Å². The second kappa shape index (κ2) is 11.9. The fourth-order valence-corrected chi connectivity index (χ4v) is 6.21. The second-order valence-electron chi connectivity index (χ2n) is 9.52. The first-order valence-electron chi connectivity index (χ1n) is 11.9. The Balaban J connectivity index is 1.74. The zero-order valence-corrected chi connectivity index (χ0v) is 22.6. The van der Waals surface area contributed by atoms with Gasteiger partial charge in [0.25, 0.3) is 15.9 Å². The molecule has 208 valence electrons. The SMILES string of the molecule is CC(C)C[C@H](NC(=O)c1cccs1)C(=O)N[C@H]1CC[C@@H](C)N(S(=O)(=O)c2ccc(C(F)(F)F)cn2)CC1=O. The summed E-state index contributed by atoms with van der Waals surface area (Å²) in [6, 6.07) is 2.12. The maximum Gasteiger partial charge on any atom is 0.417 e. The molecular formula is C24H29F3N4O5S2. The van der Waals surface area contributed by atoms with Gasteiger partial charge in [0.2, 0.25) is 5.91 Å². The maximum atomic E-state index is 13.1. The van der Waals surface area contributed by atoms with Crippen LogP contribution in [0.15, 0.2) is 40.9 Å². The number of aromatic nitrogens is 1. The fraction of sp³-hybridized carbons (Fsp3) is 0.500. The zero-order chi connectivity index (χ0) is 28.3. The number of Topliss-reactive ketones (excluding diaryl/α,β-unsaturated/α-hetero) is 1. The third-order valence-corrected chi connectivity index (χ3v) is 8.84. The predicted molar refractivity (Wildman–Crippen MR) is 134 cm³/mol. The van der Waals surface area contributed by atoms with E-state index in [4.69, 9.17) is 0 Å². The van der Waals surface area contributed by atoms with Gasteiger partial charge >= 0.3 is 6.18 Å². The molecule has 1 fully saturated rings. The van der Waals surface area contributed by atoms with Crippen molar-refractivity contribution >= 4 is 39.0 Å². The van der Waals surface area contributed by atoms with Crippen LogP contribution in [-0.4, -0.2) is 60.0 Å². The van der Waals surface area contributed by atoms with Crippen molar-refractivity contribution in [3.05, 3.63) is 46.3 Å². The molecule has 0 aliphatic carbocycles. The number of thiophene rings is 1. The van der Waals surface area contributed by atoms with E-state index in [1.807, 2.05) is 13.8 Å². The molecule has 0 unspecified atom stereocenters. The van der Waals surface area contributed by atoms with Crippen molar-refractivity contribution < 1.29 is 36.0 Å². The Kier molecular flexibility index (Phi) is 9.31. The van der Waals surface area contributed by atoms with Gasteiger partial charge in [-0.05, 0) is 55.7 Å². The molecule has 3 rings (SSSR count). The predicted octanol–water partition coefficient (Wildman–Crippen LogP) is 3.23. The van der Waals surface area contributed by atoms with Crippen LogP contribution < -0.4 is 10.6 Å². The first-order chi connectivity index (χ1) is 17.7. The Hall–Kier alpha value is -2.84. The minimum absolute atomic E-state index is 0.0520. The number of rotatable bonds is 8. The second-order valence-corrected chi connectivity index (χ2v) is 12.3. The molecule has 0 aromatic carbocycles. The van der Waals surface area contributed by atoms with Gasteiger partial charge in [-0.1, -0.05) is 19.9 Å². The van der Waals surface area contributed by atoms with Crippen LogP contribution in [-0.2, 0) is 25.8 Å². The summed E-state index contributed by atoms with van der Waals surface area (Å²) >= 11 is 1.22. The molecule has 14 heteroatoms. The molecule has 0 spiro atoms. The quantitative estimate of drug-likeness (QED) is 0.499. The van der Waals surface area contributed by atoms with Gasteiger partial charge in [-0.15, -0.1) is 11.3 Å². The summed E-state index contributed by atoms with van der Waals surface area (Å²) in [5.74, 6) is -1.50. The lowest BCUT2D eigenvalue weighted by Crippen LogP contribution is -2.52. The Labute approximate surface area is 222 Å². The summed E-state index contributed by atoms with van der Waals surface area (Å²) in [6.45, 7) is 4.75. The molecule has 1 aliphatic heterocycles. The van der Waals surface area contributed by atoms with Crippen molar-refractivity contribution in [2.75, 3.05) is 6.54 Å². The maximum absolute atomic E-state index is 13.1. The summed E-state index contributed by atoms with van der Waals surface area (Å²) in [6.07, 6.45) is -3.58. The average Bonchev–Trinajstić information content (AvgIpc) is 3.34. The largest absolute Gasteiger partial charge is 0.417 e. The molecule has 0 radical (unpaired) electrons. The minimum Gasteiger partial charge on any atom is -0.344 e. The lowest BCUT2D eigenvalue weighted by atomic mass is 10.0. The highest BCUT2D eigenvalue weighted by Crippen LogP contribution is 2.30. The van der Waals surface area contributed by atoms with Crippen LogP contribution in [0.1, 0.15) is 55.3 Å². The minimum atomic E-state index is -4.68. The van der Waals surface area contributed by atoms with Gasteiger partial charge in [-0.3, -0.25) is 14.4 Å². The van der Waals surface area contributed by atoms with Gasteiger partial charge in [-0.2, -0.15) is 17.5 Å². The van der Waals surface area contributed by atoms with Crippen LogP contribution in [0.25, 0.3) is 0 Å². The molecule has 1 saturated heterocycles. The van der Waals surface area contributed by atoms with Crippen LogP contribution in [0.4, 0.5) is 13.2 Å². The number of pyridine rings is 1. The van der Waals surface area contributed by atoms with Gasteiger partial charge in [0.1, 0.15) is 6.04 Å². The number of amides is 2. The van der Waals surface area contributed by atoms with Crippen molar-refractivity contribution in [3.8, 4) is 0 Å². The third-order valence-electron chi connectivity index (χ3n) is 6.09. The van der Waals surface area contributed by atoms with E-state index >= 15 is 0 Å². The normalized spacial score (nSPS) is 20.1. The molecule has 2 aromatic rings. The van der Waals surface area contributed by atoms with Crippen molar-refractivity contribution in [2.24, 2.45) is 5.92 Å². The summed E-state index contributed by atoms with van der Waals surface area (Å²) in [5.41, 5.74) is -1.10. The van der Waals surface area contributed by atoms with E-state index in [2.05, 4.69) is 15.6 Å². The van der Waals surface area contributed by atoms with E-state index in [9.17, 15) is 36.0 Å². The van der Waals surface area contributed by atoms with Crippen LogP contribution in [0.3, 0.4) is 0 Å². The highest BCUT2D eigenvalue weighted by Gasteiger charge is 2.39. The Morgan fingerprint density at radius 2 is 1.92 bits per heavy atom. The highest BCUT2D eigenvalue weighted by atomic mass is 32.2. The summed E-state index contributed by atoms with van der Waals surface area (Å²) < 4.78 is 65.7. The first kappa shape index (κ1) is 29.7.